The Bertz CT molecular complexity index is 191. The lowest BCUT2D eigenvalue weighted by molar-refractivity contribution is 0.110. The molecule has 2 heterocycles. The minimum atomic E-state index is 0. The minimum Gasteiger partial charge on any atom is -0.376 e. The van der Waals surface area contributed by atoms with Gasteiger partial charge in [-0.2, -0.15) is 5.10 Å². The average molecular weight is 161 g/mol. The first-order chi connectivity index (χ1) is 4.47. The number of halogens is 1. The number of fused-ring (bicyclic) bond motifs is 1. The zero-order valence-electron chi connectivity index (χ0n) is 5.46. The number of ether oxygens (including phenoxy) is 1. The molecule has 3 nitrogen and oxygen atoms in total. The van der Waals surface area contributed by atoms with E-state index in [4.69, 9.17) is 4.74 Å². The molecule has 56 valence electrons. The van der Waals surface area contributed by atoms with Crippen molar-refractivity contribution in [2.24, 2.45) is 0 Å². The molecule has 0 atom stereocenters. The Morgan fingerprint density at radius 1 is 1.60 bits per heavy atom. The highest BCUT2D eigenvalue weighted by Gasteiger charge is 2.09. The van der Waals surface area contributed by atoms with E-state index >= 15 is 0 Å². The number of nitrogens with zero attached hydrogens (tertiary/aromatic N) is 1. The van der Waals surface area contributed by atoms with Crippen LogP contribution in [0, 0.1) is 0 Å². The largest absolute Gasteiger partial charge is 0.376 e. The first-order valence-corrected chi connectivity index (χ1v) is 3.05. The molecule has 0 aromatic carbocycles. The standard InChI is InChI=1S/C6H8N2O.ClH/c1-2-9-4-5-3-7-8-6(1)5;/h3H,1-2,4H2,(H,7,8);1H. The van der Waals surface area contributed by atoms with Crippen molar-refractivity contribution in [3.63, 3.8) is 0 Å². The Morgan fingerprint density at radius 3 is 3.30 bits per heavy atom. The van der Waals surface area contributed by atoms with Gasteiger partial charge in [-0.05, 0) is 0 Å². The predicted octanol–water partition coefficient (Wildman–Crippen LogP) is 0.904. The number of aromatic amines is 1. The molecule has 2 rings (SSSR count). The Balaban J connectivity index is 0.000000500. The summed E-state index contributed by atoms with van der Waals surface area (Å²) >= 11 is 0. The quantitative estimate of drug-likeness (QED) is 0.613. The van der Waals surface area contributed by atoms with E-state index in [2.05, 4.69) is 10.2 Å². The SMILES string of the molecule is Cl.c1n[nH]c2c1COCC2. The fourth-order valence-corrected chi connectivity index (χ4v) is 1.04. The van der Waals surface area contributed by atoms with Crippen LogP contribution in [0.2, 0.25) is 0 Å². The van der Waals surface area contributed by atoms with Crippen LogP contribution >= 0.6 is 12.4 Å². The Kier molecular flexibility index (Phi) is 2.29. The van der Waals surface area contributed by atoms with Crippen LogP contribution in [0.5, 0.6) is 0 Å². The number of H-pyrrole nitrogens is 1. The van der Waals surface area contributed by atoms with Crippen molar-refractivity contribution >= 4 is 12.4 Å². The van der Waals surface area contributed by atoms with Crippen LogP contribution in [-0.4, -0.2) is 16.8 Å². The monoisotopic (exact) mass is 160 g/mol. The molecule has 4 heteroatoms. The topological polar surface area (TPSA) is 37.9 Å². The van der Waals surface area contributed by atoms with Crippen molar-refractivity contribution in [1.82, 2.24) is 10.2 Å². The molecule has 0 amide bonds. The zero-order chi connectivity index (χ0) is 6.10. The third-order valence-electron chi connectivity index (χ3n) is 1.56. The molecule has 0 spiro atoms. The summed E-state index contributed by atoms with van der Waals surface area (Å²) in [5.74, 6) is 0. The van der Waals surface area contributed by atoms with Crippen LogP contribution in [0.15, 0.2) is 6.20 Å². The third-order valence-corrected chi connectivity index (χ3v) is 1.56. The fourth-order valence-electron chi connectivity index (χ4n) is 1.04. The average Bonchev–Trinajstić information content (AvgIpc) is 2.33. The molecular formula is C6H9ClN2O. The molecular weight excluding hydrogens is 152 g/mol. The molecule has 0 saturated carbocycles. The van der Waals surface area contributed by atoms with Crippen LogP contribution in [0.25, 0.3) is 0 Å². The van der Waals surface area contributed by atoms with Gasteiger partial charge in [-0.1, -0.05) is 0 Å². The molecule has 0 radical (unpaired) electrons. The van der Waals surface area contributed by atoms with Gasteiger partial charge in [-0.3, -0.25) is 5.10 Å². The highest BCUT2D eigenvalue weighted by molar-refractivity contribution is 5.85. The van der Waals surface area contributed by atoms with Crippen LogP contribution in [-0.2, 0) is 17.8 Å². The van der Waals surface area contributed by atoms with Crippen molar-refractivity contribution in [3.8, 4) is 0 Å². The van der Waals surface area contributed by atoms with Gasteiger partial charge in [0.25, 0.3) is 0 Å². The van der Waals surface area contributed by atoms with Gasteiger partial charge in [0.15, 0.2) is 0 Å². The van der Waals surface area contributed by atoms with Gasteiger partial charge in [-0.25, -0.2) is 0 Å². The Morgan fingerprint density at radius 2 is 2.50 bits per heavy atom. The van der Waals surface area contributed by atoms with Gasteiger partial charge in [0.1, 0.15) is 0 Å². The highest BCUT2D eigenvalue weighted by atomic mass is 35.5. The van der Waals surface area contributed by atoms with Crippen molar-refractivity contribution < 1.29 is 4.74 Å². The maximum absolute atomic E-state index is 5.19. The number of aromatic nitrogens is 2. The van der Waals surface area contributed by atoms with Gasteiger partial charge in [0.05, 0.1) is 19.4 Å². The van der Waals surface area contributed by atoms with E-state index in [-0.39, 0.29) is 12.4 Å². The Labute approximate surface area is 65.2 Å². The lowest BCUT2D eigenvalue weighted by Gasteiger charge is -2.09. The molecule has 0 aliphatic carbocycles. The summed E-state index contributed by atoms with van der Waals surface area (Å²) in [7, 11) is 0. The normalized spacial score (nSPS) is 15.6. The zero-order valence-corrected chi connectivity index (χ0v) is 6.28. The molecule has 0 bridgehead atoms. The van der Waals surface area contributed by atoms with Crippen molar-refractivity contribution in [2.75, 3.05) is 6.61 Å². The van der Waals surface area contributed by atoms with E-state index in [1.54, 1.807) is 0 Å². The molecule has 1 N–H and O–H groups in total. The van der Waals surface area contributed by atoms with Crippen LogP contribution < -0.4 is 0 Å². The summed E-state index contributed by atoms with van der Waals surface area (Å²) in [6, 6.07) is 0. The van der Waals surface area contributed by atoms with E-state index in [9.17, 15) is 0 Å². The lowest BCUT2D eigenvalue weighted by Crippen LogP contribution is -2.07. The maximum atomic E-state index is 5.19. The van der Waals surface area contributed by atoms with E-state index in [0.717, 1.165) is 19.6 Å². The van der Waals surface area contributed by atoms with Gasteiger partial charge in [0, 0.05) is 17.7 Å². The summed E-state index contributed by atoms with van der Waals surface area (Å²) in [5, 5.41) is 6.83. The van der Waals surface area contributed by atoms with Crippen LogP contribution in [0.1, 0.15) is 11.3 Å². The molecule has 1 aromatic rings. The molecule has 1 aromatic heterocycles. The molecule has 0 unspecified atom stereocenters. The minimum absolute atomic E-state index is 0. The summed E-state index contributed by atoms with van der Waals surface area (Å²) in [5.41, 5.74) is 2.45. The first kappa shape index (κ1) is 7.57. The molecule has 1 aliphatic heterocycles. The third kappa shape index (κ3) is 1.15. The van der Waals surface area contributed by atoms with Gasteiger partial charge in [0.2, 0.25) is 0 Å². The number of nitrogens with one attached hydrogen (secondary N) is 1. The summed E-state index contributed by atoms with van der Waals surface area (Å²) in [6.45, 7) is 1.56. The second kappa shape index (κ2) is 3.03. The van der Waals surface area contributed by atoms with Crippen molar-refractivity contribution in [2.45, 2.75) is 13.0 Å². The van der Waals surface area contributed by atoms with Crippen molar-refractivity contribution in [1.29, 1.82) is 0 Å². The van der Waals surface area contributed by atoms with Crippen molar-refractivity contribution in [3.05, 3.63) is 17.5 Å². The molecule has 1 aliphatic rings. The van der Waals surface area contributed by atoms with E-state index in [1.807, 2.05) is 6.20 Å². The number of hydrogen-bond donors (Lipinski definition) is 1. The summed E-state index contributed by atoms with van der Waals surface area (Å²) < 4.78 is 5.19. The van der Waals surface area contributed by atoms with Crippen LogP contribution in [0.3, 0.4) is 0 Å². The fraction of sp³-hybridized carbons (Fsp3) is 0.500. The molecule has 10 heavy (non-hydrogen) atoms. The van der Waals surface area contributed by atoms with E-state index in [0.29, 0.717) is 0 Å². The first-order valence-electron chi connectivity index (χ1n) is 3.05. The second-order valence-electron chi connectivity index (χ2n) is 2.18. The summed E-state index contributed by atoms with van der Waals surface area (Å²) in [4.78, 5) is 0. The summed E-state index contributed by atoms with van der Waals surface area (Å²) in [6.07, 6.45) is 2.81. The smallest absolute Gasteiger partial charge is 0.0750 e. The van der Waals surface area contributed by atoms with E-state index < -0.39 is 0 Å². The second-order valence-corrected chi connectivity index (χ2v) is 2.18. The number of rotatable bonds is 0. The van der Waals surface area contributed by atoms with Gasteiger partial charge < -0.3 is 4.74 Å². The molecule has 0 saturated heterocycles. The molecule has 0 fully saturated rings. The lowest BCUT2D eigenvalue weighted by atomic mass is 10.2. The highest BCUT2D eigenvalue weighted by Crippen LogP contribution is 2.11. The van der Waals surface area contributed by atoms with Gasteiger partial charge >= 0.3 is 0 Å². The Hall–Kier alpha value is -0.540. The number of hydrogen-bond acceptors (Lipinski definition) is 2. The van der Waals surface area contributed by atoms with Crippen LogP contribution in [0.4, 0.5) is 0 Å². The maximum Gasteiger partial charge on any atom is 0.0750 e. The predicted molar refractivity (Wildman–Crippen MR) is 39.2 cm³/mol. The van der Waals surface area contributed by atoms with Gasteiger partial charge in [-0.15, -0.1) is 12.4 Å². The van der Waals surface area contributed by atoms with E-state index in [1.165, 1.54) is 11.3 Å².